The Labute approximate surface area is 148 Å². The van der Waals surface area contributed by atoms with Gasteiger partial charge in [-0.2, -0.15) is 0 Å². The van der Waals surface area contributed by atoms with Crippen LogP contribution < -0.4 is 5.32 Å². The first-order chi connectivity index (χ1) is 11.0. The van der Waals surface area contributed by atoms with Gasteiger partial charge in [0.2, 0.25) is 5.91 Å². The van der Waals surface area contributed by atoms with E-state index in [0.717, 1.165) is 31.7 Å². The van der Waals surface area contributed by atoms with Crippen molar-refractivity contribution in [1.82, 2.24) is 4.98 Å². The summed E-state index contributed by atoms with van der Waals surface area (Å²) in [6.07, 6.45) is 0.320. The lowest BCUT2D eigenvalue weighted by atomic mass is 10.2. The molecule has 1 N–H and O–H groups in total. The number of amides is 1. The number of hydrogen-bond acceptors (Lipinski definition) is 4. The number of thiazole rings is 1. The van der Waals surface area contributed by atoms with Crippen LogP contribution in [0.4, 0.5) is 5.69 Å². The minimum absolute atomic E-state index is 0.0446. The molecule has 0 aliphatic rings. The van der Waals surface area contributed by atoms with Crippen molar-refractivity contribution >= 4 is 45.9 Å². The lowest BCUT2D eigenvalue weighted by Crippen LogP contribution is -2.14. The Morgan fingerprint density at radius 2 is 2.13 bits per heavy atom. The van der Waals surface area contributed by atoms with Crippen molar-refractivity contribution in [3.8, 4) is 10.6 Å². The number of carbonyl (C=O) groups is 1. The number of aryl methyl sites for hydroxylation is 2. The van der Waals surface area contributed by atoms with E-state index < -0.39 is 0 Å². The largest absolute Gasteiger partial charge is 0.326 e. The van der Waals surface area contributed by atoms with Crippen LogP contribution in [-0.4, -0.2) is 10.9 Å². The third-order valence-corrected chi connectivity index (χ3v) is 5.42. The van der Waals surface area contributed by atoms with Crippen LogP contribution in [0.25, 0.3) is 10.6 Å². The van der Waals surface area contributed by atoms with Gasteiger partial charge in [-0.05, 0) is 49.1 Å². The molecule has 3 nitrogen and oxygen atoms in total. The molecule has 0 unspecified atom stereocenters. The molecule has 23 heavy (non-hydrogen) atoms. The number of hydrogen-bond donors (Lipinski definition) is 1. The lowest BCUT2D eigenvalue weighted by molar-refractivity contribution is -0.115. The predicted octanol–water partition coefficient (Wildman–Crippen LogP) is 5.32. The number of halogens is 1. The maximum atomic E-state index is 12.4. The van der Waals surface area contributed by atoms with Crippen molar-refractivity contribution < 1.29 is 4.79 Å². The fraction of sp³-hybridized carbons (Fsp3) is 0.176. The highest BCUT2D eigenvalue weighted by molar-refractivity contribution is 7.15. The number of nitrogens with zero attached hydrogens (tertiary/aromatic N) is 1. The van der Waals surface area contributed by atoms with Gasteiger partial charge in [0.15, 0.2) is 0 Å². The molecule has 0 spiro atoms. The number of benzene rings is 1. The minimum atomic E-state index is -0.0446. The van der Waals surface area contributed by atoms with Crippen molar-refractivity contribution in [1.29, 1.82) is 0 Å². The van der Waals surface area contributed by atoms with E-state index in [4.69, 9.17) is 11.6 Å². The zero-order valence-electron chi connectivity index (χ0n) is 12.7. The molecule has 0 radical (unpaired) electrons. The summed E-state index contributed by atoms with van der Waals surface area (Å²) in [6, 6.07) is 9.47. The molecule has 3 aromatic rings. The first-order valence-electron chi connectivity index (χ1n) is 7.09. The predicted molar refractivity (Wildman–Crippen MR) is 98.7 cm³/mol. The minimum Gasteiger partial charge on any atom is -0.326 e. The summed E-state index contributed by atoms with van der Waals surface area (Å²) in [6.45, 7) is 3.89. The van der Waals surface area contributed by atoms with Crippen LogP contribution in [0, 0.1) is 13.8 Å². The molecule has 1 amide bonds. The Balaban J connectivity index is 1.78. The van der Waals surface area contributed by atoms with Crippen LogP contribution in [-0.2, 0) is 11.2 Å². The van der Waals surface area contributed by atoms with E-state index in [9.17, 15) is 4.79 Å². The fourth-order valence-corrected chi connectivity index (χ4v) is 4.28. The highest BCUT2D eigenvalue weighted by atomic mass is 35.5. The molecule has 6 heteroatoms. The molecule has 0 aliphatic carbocycles. The second-order valence-corrected chi connectivity index (χ2v) is 7.84. The van der Waals surface area contributed by atoms with E-state index in [1.54, 1.807) is 28.7 Å². The zero-order chi connectivity index (χ0) is 16.4. The summed E-state index contributed by atoms with van der Waals surface area (Å²) in [5.74, 6) is -0.0446. The van der Waals surface area contributed by atoms with Crippen molar-refractivity contribution in [2.45, 2.75) is 20.3 Å². The van der Waals surface area contributed by atoms with E-state index in [1.165, 1.54) is 0 Å². The standard InChI is InChI=1S/C17H15ClN2OS2/c1-10-8-12(18)5-6-13(10)20-16(21)9-15-17(19-11(2)23-15)14-4-3-7-22-14/h3-8H,9H2,1-2H3,(H,20,21). The summed E-state index contributed by atoms with van der Waals surface area (Å²) < 4.78 is 0. The molecular weight excluding hydrogens is 348 g/mol. The normalized spacial score (nSPS) is 10.7. The van der Waals surface area contributed by atoms with Crippen LogP contribution in [0.3, 0.4) is 0 Å². The van der Waals surface area contributed by atoms with Crippen LogP contribution in [0.5, 0.6) is 0 Å². The number of carbonyl (C=O) groups excluding carboxylic acids is 1. The Morgan fingerprint density at radius 1 is 1.30 bits per heavy atom. The summed E-state index contributed by atoms with van der Waals surface area (Å²) in [4.78, 5) is 19.1. The third kappa shape index (κ3) is 3.80. The highest BCUT2D eigenvalue weighted by Gasteiger charge is 2.16. The van der Waals surface area contributed by atoms with Crippen molar-refractivity contribution in [3.05, 3.63) is 56.2 Å². The average molecular weight is 363 g/mol. The van der Waals surface area contributed by atoms with Gasteiger partial charge in [-0.1, -0.05) is 17.7 Å². The molecule has 0 atom stereocenters. The number of aromatic nitrogens is 1. The maximum Gasteiger partial charge on any atom is 0.229 e. The van der Waals surface area contributed by atoms with E-state index in [1.807, 2.05) is 43.5 Å². The molecule has 0 bridgehead atoms. The van der Waals surface area contributed by atoms with Gasteiger partial charge in [0.05, 0.1) is 22.0 Å². The molecule has 0 fully saturated rings. The van der Waals surface area contributed by atoms with E-state index in [2.05, 4.69) is 10.3 Å². The monoisotopic (exact) mass is 362 g/mol. The molecule has 118 valence electrons. The molecular formula is C17H15ClN2OS2. The van der Waals surface area contributed by atoms with Crippen LogP contribution in [0.2, 0.25) is 5.02 Å². The van der Waals surface area contributed by atoms with E-state index in [0.29, 0.717) is 11.4 Å². The van der Waals surface area contributed by atoms with Crippen molar-refractivity contribution in [3.63, 3.8) is 0 Å². The topological polar surface area (TPSA) is 42.0 Å². The third-order valence-electron chi connectivity index (χ3n) is 3.34. The smallest absolute Gasteiger partial charge is 0.229 e. The first-order valence-corrected chi connectivity index (χ1v) is 9.16. The molecule has 1 aromatic carbocycles. The van der Waals surface area contributed by atoms with Crippen molar-refractivity contribution in [2.24, 2.45) is 0 Å². The second-order valence-electron chi connectivity index (χ2n) is 5.17. The van der Waals surface area contributed by atoms with Gasteiger partial charge in [-0.3, -0.25) is 4.79 Å². The quantitative estimate of drug-likeness (QED) is 0.682. The molecule has 2 heterocycles. The first kappa shape index (κ1) is 16.2. The Hall–Kier alpha value is -1.69. The number of thiophene rings is 1. The Bertz CT molecular complexity index is 840. The Kier molecular flexibility index (Phi) is 4.80. The maximum absolute atomic E-state index is 12.4. The summed E-state index contributed by atoms with van der Waals surface area (Å²) in [7, 11) is 0. The SMILES string of the molecule is Cc1nc(-c2cccs2)c(CC(=O)Nc2ccc(Cl)cc2C)s1. The van der Waals surface area contributed by atoms with Gasteiger partial charge >= 0.3 is 0 Å². The van der Waals surface area contributed by atoms with Gasteiger partial charge in [0.1, 0.15) is 0 Å². The molecule has 0 saturated heterocycles. The molecule has 0 aliphatic heterocycles. The second kappa shape index (κ2) is 6.83. The summed E-state index contributed by atoms with van der Waals surface area (Å²) >= 11 is 9.15. The number of rotatable bonds is 4. The van der Waals surface area contributed by atoms with Crippen LogP contribution in [0.15, 0.2) is 35.7 Å². The molecule has 0 saturated carbocycles. The van der Waals surface area contributed by atoms with Gasteiger partial charge < -0.3 is 5.32 Å². The van der Waals surface area contributed by atoms with E-state index >= 15 is 0 Å². The van der Waals surface area contributed by atoms with Crippen LogP contribution >= 0.6 is 34.3 Å². The van der Waals surface area contributed by atoms with Crippen LogP contribution in [0.1, 0.15) is 15.4 Å². The Morgan fingerprint density at radius 3 is 2.83 bits per heavy atom. The van der Waals surface area contributed by atoms with E-state index in [-0.39, 0.29) is 5.91 Å². The lowest BCUT2D eigenvalue weighted by Gasteiger charge is -2.08. The summed E-state index contributed by atoms with van der Waals surface area (Å²) in [5, 5.41) is 6.61. The zero-order valence-corrected chi connectivity index (χ0v) is 15.1. The average Bonchev–Trinajstić information content (AvgIpc) is 3.11. The molecule has 2 aromatic heterocycles. The van der Waals surface area contributed by atoms with Gasteiger partial charge in [-0.15, -0.1) is 22.7 Å². The van der Waals surface area contributed by atoms with Crippen molar-refractivity contribution in [2.75, 3.05) is 5.32 Å². The van der Waals surface area contributed by atoms with Gasteiger partial charge in [0, 0.05) is 15.6 Å². The number of anilines is 1. The summed E-state index contributed by atoms with van der Waals surface area (Å²) in [5.41, 5.74) is 2.66. The number of nitrogens with one attached hydrogen (secondary N) is 1. The highest BCUT2D eigenvalue weighted by Crippen LogP contribution is 2.31. The fourth-order valence-electron chi connectivity index (χ4n) is 2.30. The molecule has 3 rings (SSSR count). The van der Waals surface area contributed by atoms with Gasteiger partial charge in [0.25, 0.3) is 0 Å². The van der Waals surface area contributed by atoms with Gasteiger partial charge in [-0.25, -0.2) is 4.98 Å².